The number of carbonyl (C=O) groups excluding carboxylic acids is 1. The van der Waals surface area contributed by atoms with Crippen LogP contribution >= 0.6 is 0 Å². The first-order valence-electron chi connectivity index (χ1n) is 11.5. The number of anilines is 2. The molecule has 3 aromatic carbocycles. The average Bonchev–Trinajstić information content (AvgIpc) is 3.21. The van der Waals surface area contributed by atoms with Crippen LogP contribution in [-0.4, -0.2) is 28.0 Å². The predicted molar refractivity (Wildman–Crippen MR) is 131 cm³/mol. The molecule has 0 saturated carbocycles. The Hall–Kier alpha value is -3.85. The molecule has 1 heterocycles. The van der Waals surface area contributed by atoms with Crippen LogP contribution < -0.4 is 10.6 Å². The van der Waals surface area contributed by atoms with Gasteiger partial charge in [0.05, 0.1) is 11.3 Å². The largest absolute Gasteiger partial charge is 0.480 e. The van der Waals surface area contributed by atoms with E-state index >= 15 is 0 Å². The summed E-state index contributed by atoms with van der Waals surface area (Å²) in [7, 11) is 0. The number of carbonyl (C=O) groups is 2. The third kappa shape index (κ3) is 5.52. The highest BCUT2D eigenvalue weighted by Crippen LogP contribution is 2.35. The van der Waals surface area contributed by atoms with E-state index < -0.39 is 29.8 Å². The van der Waals surface area contributed by atoms with E-state index in [-0.39, 0.29) is 11.6 Å². The Morgan fingerprint density at radius 1 is 0.889 bits per heavy atom. The second-order valence-corrected chi connectivity index (χ2v) is 9.12. The zero-order valence-electron chi connectivity index (χ0n) is 19.8. The van der Waals surface area contributed by atoms with Crippen molar-refractivity contribution in [1.82, 2.24) is 4.90 Å². The minimum absolute atomic E-state index is 0.0181. The van der Waals surface area contributed by atoms with Crippen molar-refractivity contribution in [3.8, 4) is 11.1 Å². The molecule has 0 radical (unpaired) electrons. The van der Waals surface area contributed by atoms with Gasteiger partial charge in [-0.25, -0.2) is 4.79 Å². The van der Waals surface area contributed by atoms with Crippen LogP contribution in [0.2, 0.25) is 0 Å². The average molecular weight is 498 g/mol. The molecule has 36 heavy (non-hydrogen) atoms. The third-order valence-corrected chi connectivity index (χ3v) is 6.19. The third-order valence-electron chi connectivity index (χ3n) is 6.19. The summed E-state index contributed by atoms with van der Waals surface area (Å²) in [6.07, 6.45) is -4.58. The zero-order chi connectivity index (χ0) is 26.0. The first kappa shape index (κ1) is 25.2. The van der Waals surface area contributed by atoms with E-state index in [2.05, 4.69) is 10.6 Å². The van der Waals surface area contributed by atoms with Gasteiger partial charge in [-0.05, 0) is 58.5 Å². The molecular formula is C27H26F3N3O3. The fraction of sp³-hybridized carbons (Fsp3) is 0.259. The number of halogens is 3. The monoisotopic (exact) mass is 497 g/mol. The first-order valence-corrected chi connectivity index (χ1v) is 11.5. The van der Waals surface area contributed by atoms with Gasteiger partial charge in [-0.1, -0.05) is 50.2 Å². The van der Waals surface area contributed by atoms with E-state index in [9.17, 15) is 27.9 Å². The van der Waals surface area contributed by atoms with Gasteiger partial charge in [0.1, 0.15) is 6.04 Å². The lowest BCUT2D eigenvalue weighted by atomic mass is 10.0. The minimum atomic E-state index is -4.58. The molecule has 0 fully saturated rings. The van der Waals surface area contributed by atoms with Crippen LogP contribution in [0.3, 0.4) is 0 Å². The summed E-state index contributed by atoms with van der Waals surface area (Å²) in [6.45, 7) is 4.94. The maximum absolute atomic E-state index is 13.1. The molecule has 1 unspecified atom stereocenters. The van der Waals surface area contributed by atoms with Crippen LogP contribution in [0.25, 0.3) is 11.1 Å². The Labute approximate surface area is 206 Å². The molecule has 6 nitrogen and oxygen atoms in total. The second-order valence-electron chi connectivity index (χ2n) is 9.12. The maximum atomic E-state index is 13.1. The lowest BCUT2D eigenvalue weighted by molar-refractivity contribution is -0.145. The van der Waals surface area contributed by atoms with Crippen LogP contribution in [0, 0.1) is 5.92 Å². The van der Waals surface area contributed by atoms with Crippen molar-refractivity contribution in [2.45, 2.75) is 39.2 Å². The van der Waals surface area contributed by atoms with E-state index in [4.69, 9.17) is 0 Å². The summed E-state index contributed by atoms with van der Waals surface area (Å²) in [5.41, 5.74) is 3.19. The number of nitrogens with zero attached hydrogens (tertiary/aromatic N) is 1. The molecule has 3 aromatic rings. The molecule has 2 amide bonds. The summed E-state index contributed by atoms with van der Waals surface area (Å²) in [6, 6.07) is 16.4. The van der Waals surface area contributed by atoms with Gasteiger partial charge in [-0.2, -0.15) is 13.2 Å². The number of carboxylic acids is 1. The lowest BCUT2D eigenvalue weighted by Gasteiger charge is -2.26. The molecule has 0 aliphatic carbocycles. The molecule has 1 aliphatic heterocycles. The Kier molecular flexibility index (Phi) is 7.03. The number of hydrogen-bond donors (Lipinski definition) is 3. The van der Waals surface area contributed by atoms with Crippen LogP contribution in [0.1, 0.15) is 30.5 Å². The van der Waals surface area contributed by atoms with E-state index in [1.54, 1.807) is 12.1 Å². The molecule has 3 N–H and O–H groups in total. The minimum Gasteiger partial charge on any atom is -0.480 e. The van der Waals surface area contributed by atoms with Gasteiger partial charge < -0.3 is 15.7 Å². The number of aliphatic carboxylic acids is 1. The molecule has 0 bridgehead atoms. The molecule has 1 aliphatic rings. The molecule has 4 rings (SSSR count). The Bertz CT molecular complexity index is 1270. The van der Waals surface area contributed by atoms with E-state index in [0.717, 1.165) is 28.3 Å². The van der Waals surface area contributed by atoms with Gasteiger partial charge in [0.15, 0.2) is 0 Å². The fourth-order valence-corrected chi connectivity index (χ4v) is 4.53. The zero-order valence-corrected chi connectivity index (χ0v) is 19.8. The quantitative estimate of drug-likeness (QED) is 0.366. The highest BCUT2D eigenvalue weighted by molar-refractivity contribution is 6.00. The summed E-state index contributed by atoms with van der Waals surface area (Å²) in [5.74, 6) is -0.845. The van der Waals surface area contributed by atoms with Crippen molar-refractivity contribution in [1.29, 1.82) is 0 Å². The summed E-state index contributed by atoms with van der Waals surface area (Å²) in [4.78, 5) is 26.0. The van der Waals surface area contributed by atoms with Crippen molar-refractivity contribution in [2.24, 2.45) is 5.92 Å². The molecule has 0 saturated heterocycles. The summed E-state index contributed by atoms with van der Waals surface area (Å²) < 4.78 is 39.4. The van der Waals surface area contributed by atoms with Crippen molar-refractivity contribution in [3.05, 3.63) is 83.4 Å². The second kappa shape index (κ2) is 10.0. The van der Waals surface area contributed by atoms with Gasteiger partial charge in [-0.15, -0.1) is 0 Å². The van der Waals surface area contributed by atoms with Crippen LogP contribution in [0.4, 0.5) is 29.3 Å². The van der Waals surface area contributed by atoms with Crippen LogP contribution in [-0.2, 0) is 24.1 Å². The van der Waals surface area contributed by atoms with Crippen molar-refractivity contribution < 1.29 is 27.9 Å². The molecule has 1 atom stereocenters. The number of amides is 2. The number of carboxylic acid groups (broad SMARTS) is 1. The van der Waals surface area contributed by atoms with Gasteiger partial charge in [0, 0.05) is 18.8 Å². The Balaban J connectivity index is 1.43. The van der Waals surface area contributed by atoms with Gasteiger partial charge in [0.25, 0.3) is 0 Å². The predicted octanol–water partition coefficient (Wildman–Crippen LogP) is 6.44. The van der Waals surface area contributed by atoms with E-state index in [1.165, 1.54) is 18.2 Å². The number of urea groups is 1. The molecule has 9 heteroatoms. The summed E-state index contributed by atoms with van der Waals surface area (Å²) >= 11 is 0. The number of rotatable bonds is 6. The highest BCUT2D eigenvalue weighted by atomic mass is 19.4. The Morgan fingerprint density at radius 2 is 1.53 bits per heavy atom. The van der Waals surface area contributed by atoms with Gasteiger partial charge >= 0.3 is 18.2 Å². The van der Waals surface area contributed by atoms with Crippen LogP contribution in [0.15, 0.2) is 66.7 Å². The van der Waals surface area contributed by atoms with Crippen molar-refractivity contribution >= 4 is 23.4 Å². The highest BCUT2D eigenvalue weighted by Gasteiger charge is 2.34. The number of nitrogens with one attached hydrogen (secondary N) is 2. The molecular weight excluding hydrogens is 471 g/mol. The van der Waals surface area contributed by atoms with Crippen molar-refractivity contribution in [2.75, 3.05) is 10.6 Å². The topological polar surface area (TPSA) is 81.7 Å². The van der Waals surface area contributed by atoms with Crippen molar-refractivity contribution in [3.63, 3.8) is 0 Å². The lowest BCUT2D eigenvalue weighted by Crippen LogP contribution is -2.41. The molecule has 0 spiro atoms. The number of hydrogen-bond acceptors (Lipinski definition) is 3. The molecule has 188 valence electrons. The number of alkyl halides is 3. The summed E-state index contributed by atoms with van der Waals surface area (Å²) in [5, 5.41) is 14.4. The maximum Gasteiger partial charge on any atom is 0.418 e. The Morgan fingerprint density at radius 3 is 2.17 bits per heavy atom. The van der Waals surface area contributed by atoms with Crippen LogP contribution in [0.5, 0.6) is 0 Å². The van der Waals surface area contributed by atoms with Gasteiger partial charge in [-0.3, -0.25) is 9.69 Å². The number of fused-ring (bicyclic) bond motifs is 1. The standard InChI is InChI=1S/C27H26F3N3O3/c1-16(2)24(25(34)35)33-14-19-8-7-18(13-20(19)15-33)17-9-11-21(12-10-17)31-26(36)32-23-6-4-3-5-22(23)27(28,29)30/h3-13,16,24H,14-15H2,1-2H3,(H,34,35)(H2,31,32,36). The molecule has 0 aromatic heterocycles. The number of para-hydroxylation sites is 1. The van der Waals surface area contributed by atoms with E-state index in [1.807, 2.05) is 49.1 Å². The first-order chi connectivity index (χ1) is 17.0. The fourth-order valence-electron chi connectivity index (χ4n) is 4.53. The smallest absolute Gasteiger partial charge is 0.418 e. The normalized spacial score (nSPS) is 14.4. The van der Waals surface area contributed by atoms with Gasteiger partial charge in [0.2, 0.25) is 0 Å². The van der Waals surface area contributed by atoms with E-state index in [0.29, 0.717) is 18.8 Å². The number of benzene rings is 3. The SMILES string of the molecule is CC(C)C(C(=O)O)N1Cc2ccc(-c3ccc(NC(=O)Nc4ccccc4C(F)(F)F)cc3)cc2C1.